The van der Waals surface area contributed by atoms with Gasteiger partial charge in [0.15, 0.2) is 5.69 Å². The van der Waals surface area contributed by atoms with Crippen molar-refractivity contribution in [2.24, 2.45) is 0 Å². The number of hydrogen-bond donors (Lipinski definition) is 0. The molecule has 1 aromatic heterocycles. The lowest BCUT2D eigenvalue weighted by atomic mass is 10.1. The van der Waals surface area contributed by atoms with E-state index in [0.717, 1.165) is 6.07 Å². The molecule has 4 nitrogen and oxygen atoms in total. The minimum atomic E-state index is -2.92. The average Bonchev–Trinajstić information content (AvgIpc) is 2.37. The second kappa shape index (κ2) is 6.26. The number of nitrogens with zero attached hydrogens (tertiary/aromatic N) is 2. The third-order valence-electron chi connectivity index (χ3n) is 2.06. The summed E-state index contributed by atoms with van der Waals surface area (Å²) in [5.74, 6) is -1.12. The zero-order valence-electron chi connectivity index (χ0n) is 9.41. The van der Waals surface area contributed by atoms with Gasteiger partial charge in [-0.05, 0) is 13.0 Å². The van der Waals surface area contributed by atoms with Crippen LogP contribution in [0, 0.1) is 11.3 Å². The Balaban J connectivity index is 3.45. The second-order valence-electron chi connectivity index (χ2n) is 3.19. The minimum Gasteiger partial charge on any atom is -0.462 e. The molecule has 0 radical (unpaired) electrons. The van der Waals surface area contributed by atoms with Crippen molar-refractivity contribution in [3.63, 3.8) is 0 Å². The molecule has 0 aliphatic carbocycles. The number of nitriles is 1. The number of carbonyl (C=O) groups is 1. The molecule has 18 heavy (non-hydrogen) atoms. The van der Waals surface area contributed by atoms with Crippen LogP contribution in [0.25, 0.3) is 0 Å². The van der Waals surface area contributed by atoms with E-state index in [1.807, 2.05) is 0 Å². The molecule has 0 atom stereocenters. The highest BCUT2D eigenvalue weighted by atomic mass is 35.5. The molecule has 0 saturated heterocycles. The van der Waals surface area contributed by atoms with Crippen molar-refractivity contribution in [2.45, 2.75) is 19.2 Å². The first-order chi connectivity index (χ1) is 8.54. The maximum atomic E-state index is 12.9. The highest BCUT2D eigenvalue weighted by Crippen LogP contribution is 2.26. The number of alkyl halides is 3. The van der Waals surface area contributed by atoms with E-state index in [1.165, 1.54) is 6.92 Å². The maximum Gasteiger partial charge on any atom is 0.341 e. The lowest BCUT2D eigenvalue weighted by molar-refractivity contribution is 0.0514. The zero-order chi connectivity index (χ0) is 13.7. The molecule has 1 rings (SSSR count). The van der Waals surface area contributed by atoms with Crippen LogP contribution in [-0.4, -0.2) is 17.6 Å². The van der Waals surface area contributed by atoms with Gasteiger partial charge in [0.2, 0.25) is 0 Å². The lowest BCUT2D eigenvalue weighted by Crippen LogP contribution is -2.13. The van der Waals surface area contributed by atoms with Gasteiger partial charge in [0.25, 0.3) is 6.43 Å². The number of ether oxygens (including phenoxy) is 1. The van der Waals surface area contributed by atoms with Crippen molar-refractivity contribution in [1.82, 2.24) is 4.98 Å². The summed E-state index contributed by atoms with van der Waals surface area (Å²) in [5.41, 5.74) is -1.38. The van der Waals surface area contributed by atoms with Crippen LogP contribution in [0.5, 0.6) is 0 Å². The molecule has 0 spiro atoms. The summed E-state index contributed by atoms with van der Waals surface area (Å²) in [7, 11) is 0. The maximum absolute atomic E-state index is 12.9. The van der Waals surface area contributed by atoms with Gasteiger partial charge >= 0.3 is 5.97 Å². The number of pyridine rings is 1. The van der Waals surface area contributed by atoms with E-state index in [1.54, 1.807) is 6.07 Å². The van der Waals surface area contributed by atoms with Crippen molar-refractivity contribution in [1.29, 1.82) is 5.26 Å². The molecule has 7 heteroatoms. The van der Waals surface area contributed by atoms with Crippen LogP contribution in [0.1, 0.15) is 40.7 Å². The van der Waals surface area contributed by atoms with Gasteiger partial charge in [0.05, 0.1) is 18.2 Å². The standard InChI is InChI=1S/C11H9ClF2N2O2/c1-2-18-11(17)9-7(10(13)14)3-6(4-12)16-8(9)5-15/h3,10H,2,4H2,1H3. The summed E-state index contributed by atoms with van der Waals surface area (Å²) >= 11 is 5.49. The highest BCUT2D eigenvalue weighted by molar-refractivity contribution is 6.16. The van der Waals surface area contributed by atoms with Gasteiger partial charge in [-0.25, -0.2) is 18.6 Å². The molecule has 1 aromatic rings. The molecule has 0 bridgehead atoms. The van der Waals surface area contributed by atoms with Gasteiger partial charge in [-0.1, -0.05) is 0 Å². The lowest BCUT2D eigenvalue weighted by Gasteiger charge is -2.10. The zero-order valence-corrected chi connectivity index (χ0v) is 10.2. The third-order valence-corrected chi connectivity index (χ3v) is 2.33. The Morgan fingerprint density at radius 2 is 2.33 bits per heavy atom. The summed E-state index contributed by atoms with van der Waals surface area (Å²) in [4.78, 5) is 15.3. The fourth-order valence-electron chi connectivity index (χ4n) is 1.36. The predicted octanol–water partition coefficient (Wildman–Crippen LogP) is 2.81. The SMILES string of the molecule is CCOC(=O)c1c(C(F)F)cc(CCl)nc1C#N. The van der Waals surface area contributed by atoms with Gasteiger partial charge in [0.1, 0.15) is 11.6 Å². The fourth-order valence-corrected chi connectivity index (χ4v) is 1.50. The molecule has 0 aromatic carbocycles. The molecule has 0 aliphatic heterocycles. The van der Waals surface area contributed by atoms with E-state index in [-0.39, 0.29) is 18.2 Å². The molecule has 0 saturated carbocycles. The van der Waals surface area contributed by atoms with E-state index < -0.39 is 29.2 Å². The predicted molar refractivity (Wildman–Crippen MR) is 59.4 cm³/mol. The average molecular weight is 275 g/mol. The monoisotopic (exact) mass is 274 g/mol. The van der Waals surface area contributed by atoms with Crippen LogP contribution in [0.3, 0.4) is 0 Å². The molecule has 0 N–H and O–H groups in total. The number of esters is 1. The molecule has 0 aliphatic rings. The molecule has 1 heterocycles. The molecule has 0 fully saturated rings. The van der Waals surface area contributed by atoms with E-state index in [4.69, 9.17) is 16.9 Å². The van der Waals surface area contributed by atoms with Crippen molar-refractivity contribution in [2.75, 3.05) is 6.61 Å². The van der Waals surface area contributed by atoms with Crippen molar-refractivity contribution < 1.29 is 18.3 Å². The van der Waals surface area contributed by atoms with Gasteiger partial charge < -0.3 is 4.74 Å². The van der Waals surface area contributed by atoms with Gasteiger partial charge in [-0.3, -0.25) is 0 Å². The largest absolute Gasteiger partial charge is 0.462 e. The molecule has 96 valence electrons. The summed E-state index contributed by atoms with van der Waals surface area (Å²) < 4.78 is 30.4. The third kappa shape index (κ3) is 2.93. The Bertz CT molecular complexity index is 501. The quantitative estimate of drug-likeness (QED) is 0.625. The summed E-state index contributed by atoms with van der Waals surface area (Å²) in [5, 5.41) is 8.85. The normalized spacial score (nSPS) is 10.2. The Morgan fingerprint density at radius 1 is 1.67 bits per heavy atom. The second-order valence-corrected chi connectivity index (χ2v) is 3.46. The van der Waals surface area contributed by atoms with Crippen LogP contribution in [0.15, 0.2) is 6.07 Å². The summed E-state index contributed by atoms with van der Waals surface area (Å²) in [6, 6.07) is 2.61. The number of aromatic nitrogens is 1. The molecule has 0 unspecified atom stereocenters. The molecular formula is C11H9ClF2N2O2. The Morgan fingerprint density at radius 3 is 2.78 bits per heavy atom. The van der Waals surface area contributed by atoms with E-state index in [0.29, 0.717) is 0 Å². The molecule has 0 amide bonds. The number of rotatable bonds is 4. The van der Waals surface area contributed by atoms with Crippen LogP contribution < -0.4 is 0 Å². The van der Waals surface area contributed by atoms with E-state index in [9.17, 15) is 13.6 Å². The van der Waals surface area contributed by atoms with Gasteiger partial charge in [0, 0.05) is 5.56 Å². The number of carbonyl (C=O) groups excluding carboxylic acids is 1. The van der Waals surface area contributed by atoms with E-state index in [2.05, 4.69) is 9.72 Å². The Kier molecular flexibility index (Phi) is 4.98. The van der Waals surface area contributed by atoms with Crippen molar-refractivity contribution >= 4 is 17.6 Å². The summed E-state index contributed by atoms with van der Waals surface area (Å²) in [6.45, 7) is 1.55. The smallest absolute Gasteiger partial charge is 0.341 e. The van der Waals surface area contributed by atoms with Crippen LogP contribution in [-0.2, 0) is 10.6 Å². The molecular weight excluding hydrogens is 266 g/mol. The van der Waals surface area contributed by atoms with Crippen molar-refractivity contribution in [3.8, 4) is 6.07 Å². The Hall–Kier alpha value is -1.74. The first-order valence-electron chi connectivity index (χ1n) is 5.00. The number of hydrogen-bond acceptors (Lipinski definition) is 4. The highest BCUT2D eigenvalue weighted by Gasteiger charge is 2.25. The van der Waals surface area contributed by atoms with Gasteiger partial charge in [-0.15, -0.1) is 11.6 Å². The first kappa shape index (κ1) is 14.3. The fraction of sp³-hybridized carbons (Fsp3) is 0.364. The first-order valence-corrected chi connectivity index (χ1v) is 5.53. The van der Waals surface area contributed by atoms with Gasteiger partial charge in [-0.2, -0.15) is 5.26 Å². The summed E-state index contributed by atoms with van der Waals surface area (Å²) in [6.07, 6.45) is -2.92. The number of halogens is 3. The topological polar surface area (TPSA) is 63.0 Å². The van der Waals surface area contributed by atoms with Crippen LogP contribution in [0.4, 0.5) is 8.78 Å². The van der Waals surface area contributed by atoms with E-state index >= 15 is 0 Å². The van der Waals surface area contributed by atoms with Crippen LogP contribution >= 0.6 is 11.6 Å². The minimum absolute atomic E-state index is 0.0175. The van der Waals surface area contributed by atoms with Crippen LogP contribution in [0.2, 0.25) is 0 Å². The Labute approximate surface area is 107 Å². The van der Waals surface area contributed by atoms with Crippen molar-refractivity contribution in [3.05, 3.63) is 28.6 Å².